The van der Waals surface area contributed by atoms with E-state index in [-0.39, 0.29) is 17.3 Å². The van der Waals surface area contributed by atoms with E-state index in [1.807, 2.05) is 30.3 Å². The highest BCUT2D eigenvalue weighted by molar-refractivity contribution is 7.99. The lowest BCUT2D eigenvalue weighted by Gasteiger charge is -1.98. The summed E-state index contributed by atoms with van der Waals surface area (Å²) in [4.78, 5) is 31.1. The van der Waals surface area contributed by atoms with Gasteiger partial charge in [-0.1, -0.05) is 53.4 Å². The Bertz CT molecular complexity index is 1160. The lowest BCUT2D eigenvalue weighted by molar-refractivity contribution is -0.384. The van der Waals surface area contributed by atoms with Gasteiger partial charge in [0.25, 0.3) is 5.69 Å². The zero-order valence-corrected chi connectivity index (χ0v) is 15.8. The van der Waals surface area contributed by atoms with Crippen molar-refractivity contribution in [2.75, 3.05) is 11.1 Å². The number of aromatic nitrogens is 4. The Labute approximate surface area is 166 Å². The van der Waals surface area contributed by atoms with E-state index in [1.54, 1.807) is 6.07 Å². The number of aromatic amines is 1. The van der Waals surface area contributed by atoms with Gasteiger partial charge in [0.2, 0.25) is 11.1 Å². The van der Waals surface area contributed by atoms with Gasteiger partial charge in [-0.2, -0.15) is 0 Å². The first kappa shape index (κ1) is 18.1. The molecule has 140 valence electrons. The van der Waals surface area contributed by atoms with Crippen molar-refractivity contribution in [1.82, 2.24) is 20.2 Å². The van der Waals surface area contributed by atoms with Gasteiger partial charge in [0, 0.05) is 17.7 Å². The molecule has 0 aliphatic rings. The number of H-pyrrole nitrogens is 1. The Morgan fingerprint density at radius 2 is 2.04 bits per heavy atom. The fourth-order valence-corrected chi connectivity index (χ4v) is 3.87. The molecule has 9 nitrogen and oxygen atoms in total. The molecular formula is C17H12N6O3S2. The van der Waals surface area contributed by atoms with Crippen LogP contribution in [0.1, 0.15) is 0 Å². The molecule has 2 N–H and O–H groups in total. The molecule has 4 aromatic rings. The number of thioether (sulfide) groups is 1. The third kappa shape index (κ3) is 4.00. The number of nitrogens with zero attached hydrogens (tertiary/aromatic N) is 4. The molecule has 28 heavy (non-hydrogen) atoms. The molecule has 2 aromatic carbocycles. The molecular weight excluding hydrogens is 400 g/mol. The maximum atomic E-state index is 12.2. The third-order valence-corrected chi connectivity index (χ3v) is 5.47. The van der Waals surface area contributed by atoms with E-state index in [2.05, 4.69) is 25.5 Å². The van der Waals surface area contributed by atoms with Crippen molar-refractivity contribution >= 4 is 50.0 Å². The van der Waals surface area contributed by atoms with Crippen LogP contribution in [0.3, 0.4) is 0 Å². The maximum absolute atomic E-state index is 12.2. The summed E-state index contributed by atoms with van der Waals surface area (Å²) >= 11 is 2.46. The van der Waals surface area contributed by atoms with Crippen LogP contribution in [0.2, 0.25) is 0 Å². The van der Waals surface area contributed by atoms with Crippen molar-refractivity contribution in [2.45, 2.75) is 5.16 Å². The monoisotopic (exact) mass is 412 g/mol. The molecule has 0 atom stereocenters. The van der Waals surface area contributed by atoms with Crippen LogP contribution in [0.15, 0.2) is 53.7 Å². The summed E-state index contributed by atoms with van der Waals surface area (Å²) in [5.41, 5.74) is 1.35. The minimum Gasteiger partial charge on any atom is -0.301 e. The lowest BCUT2D eigenvalue weighted by atomic mass is 10.2. The van der Waals surface area contributed by atoms with Gasteiger partial charge in [-0.25, -0.2) is 9.97 Å². The van der Waals surface area contributed by atoms with Crippen molar-refractivity contribution in [3.05, 3.63) is 58.6 Å². The number of fused-ring (bicyclic) bond motifs is 1. The van der Waals surface area contributed by atoms with Crippen LogP contribution in [-0.4, -0.2) is 36.7 Å². The summed E-state index contributed by atoms with van der Waals surface area (Å²) in [7, 11) is 0. The van der Waals surface area contributed by atoms with Crippen LogP contribution in [0.5, 0.6) is 0 Å². The summed E-state index contributed by atoms with van der Waals surface area (Å²) in [5.74, 6) is 0.489. The van der Waals surface area contributed by atoms with E-state index in [0.717, 1.165) is 10.3 Å². The van der Waals surface area contributed by atoms with E-state index >= 15 is 0 Å². The SMILES string of the molecule is O=C(CSc1n[nH]c(-c2ccccc2)n1)Nc1nc2cc([N+](=O)[O-])ccc2s1. The zero-order valence-electron chi connectivity index (χ0n) is 14.2. The molecule has 4 rings (SSSR count). The average molecular weight is 412 g/mol. The molecule has 0 unspecified atom stereocenters. The van der Waals surface area contributed by atoms with Crippen molar-refractivity contribution in [3.8, 4) is 11.4 Å². The van der Waals surface area contributed by atoms with Crippen LogP contribution < -0.4 is 5.32 Å². The van der Waals surface area contributed by atoms with Gasteiger partial charge in [-0.3, -0.25) is 20.0 Å². The number of hydrogen-bond acceptors (Lipinski definition) is 8. The van der Waals surface area contributed by atoms with E-state index in [4.69, 9.17) is 0 Å². The highest BCUT2D eigenvalue weighted by Crippen LogP contribution is 2.29. The number of carbonyl (C=O) groups excluding carboxylic acids is 1. The second-order valence-electron chi connectivity index (χ2n) is 5.60. The summed E-state index contributed by atoms with van der Waals surface area (Å²) in [6, 6.07) is 14.0. The van der Waals surface area contributed by atoms with E-state index in [9.17, 15) is 14.9 Å². The molecule has 2 aromatic heterocycles. The van der Waals surface area contributed by atoms with Gasteiger partial charge in [-0.05, 0) is 6.07 Å². The van der Waals surface area contributed by atoms with Gasteiger partial charge < -0.3 is 5.32 Å². The number of hydrogen-bond donors (Lipinski definition) is 2. The Morgan fingerprint density at radius 1 is 1.21 bits per heavy atom. The number of non-ortho nitro benzene ring substituents is 1. The average Bonchev–Trinajstić information content (AvgIpc) is 3.33. The lowest BCUT2D eigenvalue weighted by Crippen LogP contribution is -2.13. The molecule has 1 amide bonds. The number of benzene rings is 2. The number of anilines is 1. The number of thiazole rings is 1. The van der Waals surface area contributed by atoms with Gasteiger partial charge >= 0.3 is 0 Å². The van der Waals surface area contributed by atoms with Crippen LogP contribution in [0, 0.1) is 10.1 Å². The van der Waals surface area contributed by atoms with E-state index in [1.165, 1.54) is 35.2 Å². The van der Waals surface area contributed by atoms with E-state index in [0.29, 0.717) is 21.6 Å². The number of rotatable bonds is 6. The van der Waals surface area contributed by atoms with E-state index < -0.39 is 4.92 Å². The van der Waals surface area contributed by atoms with Crippen molar-refractivity contribution < 1.29 is 9.72 Å². The topological polar surface area (TPSA) is 127 Å². The molecule has 0 saturated heterocycles. The van der Waals surface area contributed by atoms with Crippen molar-refractivity contribution in [1.29, 1.82) is 0 Å². The quantitative estimate of drug-likeness (QED) is 0.281. The summed E-state index contributed by atoms with van der Waals surface area (Å²) in [6.45, 7) is 0. The fraction of sp³-hybridized carbons (Fsp3) is 0.0588. The zero-order chi connectivity index (χ0) is 19.5. The Kier molecular flexibility index (Phi) is 5.00. The smallest absolute Gasteiger partial charge is 0.271 e. The summed E-state index contributed by atoms with van der Waals surface area (Å²) in [6.07, 6.45) is 0. The molecule has 0 fully saturated rings. The molecule has 0 aliphatic heterocycles. The van der Waals surface area contributed by atoms with Gasteiger partial charge in [0.1, 0.15) is 0 Å². The maximum Gasteiger partial charge on any atom is 0.271 e. The first-order valence-corrected chi connectivity index (χ1v) is 9.84. The van der Waals surface area contributed by atoms with Gasteiger partial charge in [-0.15, -0.1) is 5.10 Å². The molecule has 11 heteroatoms. The van der Waals surface area contributed by atoms with Gasteiger partial charge in [0.15, 0.2) is 11.0 Å². The van der Waals surface area contributed by atoms with Crippen molar-refractivity contribution in [2.24, 2.45) is 0 Å². The Balaban J connectivity index is 1.38. The van der Waals surface area contributed by atoms with Crippen LogP contribution in [0.4, 0.5) is 10.8 Å². The number of carbonyl (C=O) groups is 1. The molecule has 2 heterocycles. The van der Waals surface area contributed by atoms with Gasteiger partial charge in [0.05, 0.1) is 20.9 Å². The molecule has 0 spiro atoms. The molecule has 0 saturated carbocycles. The minimum atomic E-state index is -0.478. The van der Waals surface area contributed by atoms with Crippen LogP contribution >= 0.6 is 23.1 Å². The number of nitro groups is 1. The molecule has 0 radical (unpaired) electrons. The van der Waals surface area contributed by atoms with Crippen molar-refractivity contribution in [3.63, 3.8) is 0 Å². The fourth-order valence-electron chi connectivity index (χ4n) is 2.40. The van der Waals surface area contributed by atoms with Crippen LogP contribution in [0.25, 0.3) is 21.6 Å². The second kappa shape index (κ2) is 7.74. The second-order valence-corrected chi connectivity index (χ2v) is 7.57. The number of nitro benzene ring substituents is 1. The molecule has 0 aliphatic carbocycles. The first-order chi connectivity index (χ1) is 13.6. The minimum absolute atomic E-state index is 0.0370. The van der Waals surface area contributed by atoms with Crippen LogP contribution in [-0.2, 0) is 4.79 Å². The molecule has 0 bridgehead atoms. The Hall–Kier alpha value is -3.31. The standard InChI is InChI=1S/C17H12N6O3S2/c24-14(9-27-17-20-15(21-22-17)10-4-2-1-3-5-10)19-16-18-12-8-11(23(25)26)6-7-13(12)28-16/h1-8H,9H2,(H,18,19,24)(H,20,21,22). The normalized spacial score (nSPS) is 10.9. The Morgan fingerprint density at radius 3 is 2.82 bits per heavy atom. The predicted octanol–water partition coefficient (Wildman–Crippen LogP) is 3.72. The summed E-state index contributed by atoms with van der Waals surface area (Å²) in [5, 5.41) is 21.3. The third-order valence-electron chi connectivity index (χ3n) is 3.67. The first-order valence-electron chi connectivity index (χ1n) is 8.04. The number of nitrogens with one attached hydrogen (secondary N) is 2. The predicted molar refractivity (Wildman–Crippen MR) is 107 cm³/mol. The number of amides is 1. The largest absolute Gasteiger partial charge is 0.301 e. The highest BCUT2D eigenvalue weighted by atomic mass is 32.2. The summed E-state index contributed by atoms with van der Waals surface area (Å²) < 4.78 is 0.759. The highest BCUT2D eigenvalue weighted by Gasteiger charge is 2.13.